The van der Waals surface area contributed by atoms with Crippen LogP contribution in [0.5, 0.6) is 0 Å². The van der Waals surface area contributed by atoms with E-state index >= 15 is 0 Å². The van der Waals surface area contributed by atoms with Crippen LogP contribution < -0.4 is 5.73 Å². The van der Waals surface area contributed by atoms with Gasteiger partial charge < -0.3 is 20.1 Å². The largest absolute Gasteiger partial charge is 0.472 e. The molecule has 10 heteroatoms. The number of rotatable bonds is 43. The number of phosphoric ester groups is 1. The first-order valence-electron chi connectivity index (χ1n) is 23.4. The highest BCUT2D eigenvalue weighted by molar-refractivity contribution is 7.47. The number of carbonyl (C=O) groups is 2. The maximum Gasteiger partial charge on any atom is 0.472 e. The molecule has 0 radical (unpaired) electrons. The molecule has 2 unspecified atom stereocenters. The Kier molecular flexibility index (Phi) is 43.0. The fourth-order valence-corrected chi connectivity index (χ4v) is 6.96. The second-order valence-corrected chi connectivity index (χ2v) is 16.7. The van der Waals surface area contributed by atoms with Crippen molar-refractivity contribution in [2.45, 2.75) is 200 Å². The molecule has 0 fully saturated rings. The third-order valence-electron chi connectivity index (χ3n) is 9.62. The first-order chi connectivity index (χ1) is 28.8. The molecular formula is C49H86NO8P. The van der Waals surface area contributed by atoms with Crippen LogP contribution in [0.4, 0.5) is 0 Å². The van der Waals surface area contributed by atoms with Crippen molar-refractivity contribution in [2.75, 3.05) is 26.4 Å². The lowest BCUT2D eigenvalue weighted by molar-refractivity contribution is -0.161. The van der Waals surface area contributed by atoms with E-state index in [1.807, 2.05) is 12.2 Å². The number of carbonyl (C=O) groups excluding carboxylic acids is 2. The third-order valence-corrected chi connectivity index (χ3v) is 10.6. The van der Waals surface area contributed by atoms with Crippen LogP contribution in [-0.4, -0.2) is 49.3 Å². The Morgan fingerprint density at radius 2 is 0.932 bits per heavy atom. The molecule has 0 rings (SSSR count). The zero-order valence-electron chi connectivity index (χ0n) is 37.5. The Balaban J connectivity index is 4.21. The molecule has 0 spiro atoms. The van der Waals surface area contributed by atoms with Crippen molar-refractivity contribution in [1.29, 1.82) is 0 Å². The van der Waals surface area contributed by atoms with Gasteiger partial charge in [-0.3, -0.25) is 18.6 Å². The Labute approximate surface area is 361 Å². The van der Waals surface area contributed by atoms with Crippen LogP contribution in [0.1, 0.15) is 194 Å². The van der Waals surface area contributed by atoms with E-state index < -0.39 is 32.5 Å². The molecular weight excluding hydrogens is 762 g/mol. The number of esters is 2. The summed E-state index contributed by atoms with van der Waals surface area (Å²) in [4.78, 5) is 34.9. The van der Waals surface area contributed by atoms with Crippen molar-refractivity contribution in [3.63, 3.8) is 0 Å². The molecule has 2 atom stereocenters. The Morgan fingerprint density at radius 3 is 1.36 bits per heavy atom. The molecule has 0 bridgehead atoms. The van der Waals surface area contributed by atoms with Crippen molar-refractivity contribution in [2.24, 2.45) is 5.73 Å². The second-order valence-electron chi connectivity index (χ2n) is 15.2. The summed E-state index contributed by atoms with van der Waals surface area (Å²) in [6, 6.07) is 0. The number of nitrogens with two attached hydrogens (primary N) is 1. The Hall–Kier alpha value is -2.55. The summed E-state index contributed by atoms with van der Waals surface area (Å²) in [5.41, 5.74) is 5.35. The number of allylic oxidation sites excluding steroid dienone is 12. The molecule has 3 N–H and O–H groups in total. The van der Waals surface area contributed by atoms with Crippen LogP contribution >= 0.6 is 7.82 Å². The van der Waals surface area contributed by atoms with E-state index in [4.69, 9.17) is 24.3 Å². The highest BCUT2D eigenvalue weighted by atomic mass is 31.2. The van der Waals surface area contributed by atoms with Crippen LogP contribution in [-0.2, 0) is 32.7 Å². The normalized spacial score (nSPS) is 13.9. The molecule has 0 aliphatic heterocycles. The maximum atomic E-state index is 12.6. The Bertz CT molecular complexity index is 1190. The number of hydrogen-bond acceptors (Lipinski definition) is 8. The summed E-state index contributed by atoms with van der Waals surface area (Å²) in [5.74, 6) is -0.925. The lowest BCUT2D eigenvalue weighted by atomic mass is 10.0. The van der Waals surface area contributed by atoms with E-state index in [0.29, 0.717) is 6.42 Å². The van der Waals surface area contributed by atoms with Crippen molar-refractivity contribution in [3.05, 3.63) is 72.9 Å². The Morgan fingerprint density at radius 1 is 0.525 bits per heavy atom. The van der Waals surface area contributed by atoms with Gasteiger partial charge in [0.05, 0.1) is 13.2 Å². The van der Waals surface area contributed by atoms with Gasteiger partial charge in [0.25, 0.3) is 0 Å². The maximum absolute atomic E-state index is 12.6. The van der Waals surface area contributed by atoms with Gasteiger partial charge >= 0.3 is 19.8 Å². The number of phosphoric acid groups is 1. The SMILES string of the molecule is CCC=CCC=CCC=CCC=CCC=CCC=CCCC(=O)OC(COC(=O)CCCCCCCCCCCCCCCCCCCCC)COP(=O)(O)OCCN. The van der Waals surface area contributed by atoms with Gasteiger partial charge in [-0.2, -0.15) is 0 Å². The van der Waals surface area contributed by atoms with Gasteiger partial charge in [0.1, 0.15) is 6.61 Å². The quantitative estimate of drug-likeness (QED) is 0.0266. The zero-order chi connectivity index (χ0) is 43.2. The predicted molar refractivity (Wildman–Crippen MR) is 247 cm³/mol. The van der Waals surface area contributed by atoms with E-state index in [2.05, 4.69) is 74.6 Å². The average Bonchev–Trinajstić information content (AvgIpc) is 3.22. The monoisotopic (exact) mass is 848 g/mol. The summed E-state index contributed by atoms with van der Waals surface area (Å²) in [6.07, 6.45) is 55.2. The predicted octanol–water partition coefficient (Wildman–Crippen LogP) is 13.8. The summed E-state index contributed by atoms with van der Waals surface area (Å²) >= 11 is 0. The van der Waals surface area contributed by atoms with Crippen LogP contribution in [0.25, 0.3) is 0 Å². The molecule has 9 nitrogen and oxygen atoms in total. The minimum absolute atomic E-state index is 0.0397. The summed E-state index contributed by atoms with van der Waals surface area (Å²) in [7, 11) is -4.40. The molecule has 0 aliphatic rings. The van der Waals surface area contributed by atoms with E-state index in [9.17, 15) is 19.0 Å². The van der Waals surface area contributed by atoms with Crippen LogP contribution in [0.15, 0.2) is 72.9 Å². The molecule has 0 amide bonds. The number of ether oxygens (including phenoxy) is 2. The first kappa shape index (κ1) is 56.5. The van der Waals surface area contributed by atoms with Gasteiger partial charge in [-0.25, -0.2) is 4.57 Å². The van der Waals surface area contributed by atoms with E-state index in [-0.39, 0.29) is 32.6 Å². The second kappa shape index (κ2) is 45.0. The molecule has 0 aromatic rings. The minimum Gasteiger partial charge on any atom is -0.462 e. The molecule has 0 aromatic carbocycles. The van der Waals surface area contributed by atoms with Gasteiger partial charge in [0.15, 0.2) is 6.10 Å². The molecule has 0 saturated heterocycles. The fourth-order valence-electron chi connectivity index (χ4n) is 6.19. The van der Waals surface area contributed by atoms with Gasteiger partial charge in [-0.15, -0.1) is 0 Å². The summed E-state index contributed by atoms with van der Waals surface area (Å²) in [6.45, 7) is 3.54. The summed E-state index contributed by atoms with van der Waals surface area (Å²) < 4.78 is 32.8. The molecule has 0 aliphatic carbocycles. The van der Waals surface area contributed by atoms with Crippen LogP contribution in [0.3, 0.4) is 0 Å². The highest BCUT2D eigenvalue weighted by Gasteiger charge is 2.25. The van der Waals surface area contributed by atoms with E-state index in [1.165, 1.54) is 103 Å². The highest BCUT2D eigenvalue weighted by Crippen LogP contribution is 2.43. The van der Waals surface area contributed by atoms with Crippen LogP contribution in [0.2, 0.25) is 0 Å². The fraction of sp³-hybridized carbons (Fsp3) is 0.714. The number of unbranched alkanes of at least 4 members (excludes halogenated alkanes) is 18. The van der Waals surface area contributed by atoms with Gasteiger partial charge in [0, 0.05) is 19.4 Å². The van der Waals surface area contributed by atoms with Crippen molar-refractivity contribution >= 4 is 19.8 Å². The van der Waals surface area contributed by atoms with Gasteiger partial charge in [-0.05, 0) is 51.4 Å². The van der Waals surface area contributed by atoms with Crippen molar-refractivity contribution < 1.29 is 37.6 Å². The zero-order valence-corrected chi connectivity index (χ0v) is 38.4. The standard InChI is InChI=1S/C49H86NO8P/c1-3-5-7-9-11-13-15-17-19-21-23-25-27-29-31-33-35-37-39-41-48(51)55-45-47(46-57-59(53,54)56-44-43-50)58-49(52)42-40-38-36-34-32-30-28-26-24-22-20-18-16-14-12-10-8-6-4-2/h6,8,12,14,18,20,24,26,30,32,36,38,47H,3-5,7,9-11,13,15-17,19,21-23,25,27-29,31,33-35,37,39-46,50H2,1-2H3,(H,53,54). The smallest absolute Gasteiger partial charge is 0.462 e. The van der Waals surface area contributed by atoms with E-state index in [0.717, 1.165) is 57.8 Å². The molecule has 340 valence electrons. The average molecular weight is 848 g/mol. The third kappa shape index (κ3) is 44.8. The summed E-state index contributed by atoms with van der Waals surface area (Å²) in [5, 5.41) is 0. The first-order valence-corrected chi connectivity index (χ1v) is 24.9. The van der Waals surface area contributed by atoms with Gasteiger partial charge in [0.2, 0.25) is 0 Å². The minimum atomic E-state index is -4.40. The molecule has 0 heterocycles. The van der Waals surface area contributed by atoms with Gasteiger partial charge in [-0.1, -0.05) is 202 Å². The topological polar surface area (TPSA) is 134 Å². The van der Waals surface area contributed by atoms with E-state index in [1.54, 1.807) is 0 Å². The van der Waals surface area contributed by atoms with Crippen molar-refractivity contribution in [3.8, 4) is 0 Å². The van der Waals surface area contributed by atoms with Crippen molar-refractivity contribution in [1.82, 2.24) is 0 Å². The lowest BCUT2D eigenvalue weighted by Gasteiger charge is -2.19. The lowest BCUT2D eigenvalue weighted by Crippen LogP contribution is -2.29. The number of hydrogen-bond donors (Lipinski definition) is 2. The molecule has 59 heavy (non-hydrogen) atoms. The van der Waals surface area contributed by atoms with Crippen LogP contribution in [0, 0.1) is 0 Å². The molecule has 0 aromatic heterocycles. The molecule has 0 saturated carbocycles.